The maximum absolute atomic E-state index is 14.9. The molecule has 3 rings (SSSR count). The quantitative estimate of drug-likeness (QED) is 0.443. The van der Waals surface area contributed by atoms with Crippen LogP contribution in [0.2, 0.25) is 0 Å². The highest BCUT2D eigenvalue weighted by Gasteiger charge is 2.23. The van der Waals surface area contributed by atoms with E-state index in [1.54, 1.807) is 7.05 Å². The number of ether oxygens (including phenoxy) is 1. The second-order valence-electron chi connectivity index (χ2n) is 7.17. The molecule has 0 spiro atoms. The third-order valence-electron chi connectivity index (χ3n) is 4.81. The molecule has 2 aromatic carbocycles. The molecule has 3 N–H and O–H groups in total. The van der Waals surface area contributed by atoms with Crippen molar-refractivity contribution in [3.05, 3.63) is 52.2 Å². The summed E-state index contributed by atoms with van der Waals surface area (Å²) in [5.74, 6) is -2.21. The average molecular weight is 455 g/mol. The fourth-order valence-corrected chi connectivity index (χ4v) is 3.24. The number of nitrogens with one attached hydrogen (secondary N) is 1. The number of aromatic nitrogens is 3. The maximum Gasteiger partial charge on any atom is 0.348 e. The molecular weight excluding hydrogens is 433 g/mol. The minimum absolute atomic E-state index is 0.0619. The molecule has 0 unspecified atom stereocenters. The van der Waals surface area contributed by atoms with E-state index in [1.165, 1.54) is 23.1 Å². The van der Waals surface area contributed by atoms with Gasteiger partial charge in [-0.1, -0.05) is 6.92 Å². The number of hydrogen-bond acceptors (Lipinski definition) is 7. The lowest BCUT2D eigenvalue weighted by Gasteiger charge is -2.18. The molecule has 3 aromatic rings. The number of aromatic amines is 1. The molecule has 0 fully saturated rings. The van der Waals surface area contributed by atoms with Crippen LogP contribution in [-0.2, 0) is 0 Å². The number of halogens is 1. The Morgan fingerprint density at radius 1 is 1.30 bits per heavy atom. The van der Waals surface area contributed by atoms with E-state index in [0.717, 1.165) is 16.7 Å². The number of nitriles is 1. The van der Waals surface area contributed by atoms with Gasteiger partial charge in [0.15, 0.2) is 11.6 Å². The maximum atomic E-state index is 14.9. The Morgan fingerprint density at radius 2 is 2.06 bits per heavy atom. The molecule has 11 heteroatoms. The van der Waals surface area contributed by atoms with Gasteiger partial charge < -0.3 is 19.8 Å². The zero-order valence-electron chi connectivity index (χ0n) is 18.0. The largest absolute Gasteiger partial charge is 0.507 e. The summed E-state index contributed by atoms with van der Waals surface area (Å²) in [4.78, 5) is 26.6. The number of amides is 1. The molecule has 0 aliphatic rings. The second-order valence-corrected chi connectivity index (χ2v) is 7.17. The van der Waals surface area contributed by atoms with Crippen LogP contribution in [-0.4, -0.2) is 56.0 Å². The molecule has 1 heterocycles. The van der Waals surface area contributed by atoms with Crippen LogP contribution >= 0.6 is 0 Å². The summed E-state index contributed by atoms with van der Waals surface area (Å²) in [6.45, 7) is 2.41. The molecule has 0 aliphatic heterocycles. The number of nitrogens with zero attached hydrogens (tertiary/aromatic N) is 4. The standard InChI is InChI=1S/C22H22FN5O5/c1-3-8-27(2)21(31)15-11-14(18(29)12-19(15)30)20-25-26-22(32)28(20)17-6-5-13(10-16(17)23)33-9-4-7-24/h5-6,10-12,29-30H,3-4,8-9H2,1-2H3,(H,26,32). The van der Waals surface area contributed by atoms with Crippen LogP contribution in [0.3, 0.4) is 0 Å². The van der Waals surface area contributed by atoms with Gasteiger partial charge in [0.1, 0.15) is 23.9 Å². The van der Waals surface area contributed by atoms with Gasteiger partial charge in [-0.05, 0) is 24.6 Å². The second kappa shape index (κ2) is 9.86. The van der Waals surface area contributed by atoms with Crippen molar-refractivity contribution in [2.45, 2.75) is 19.8 Å². The summed E-state index contributed by atoms with van der Waals surface area (Å²) in [5, 5.41) is 35.3. The fourth-order valence-electron chi connectivity index (χ4n) is 3.24. The van der Waals surface area contributed by atoms with Crippen LogP contribution in [0.25, 0.3) is 17.1 Å². The Balaban J connectivity index is 2.08. The molecular formula is C22H22FN5O5. The Labute approximate surface area is 188 Å². The number of benzene rings is 2. The van der Waals surface area contributed by atoms with Gasteiger partial charge in [0, 0.05) is 25.7 Å². The highest BCUT2D eigenvalue weighted by Crippen LogP contribution is 2.35. The number of rotatable bonds is 8. The number of phenols is 2. The monoisotopic (exact) mass is 455 g/mol. The van der Waals surface area contributed by atoms with Crippen molar-refractivity contribution in [3.8, 4) is 40.4 Å². The number of carbonyl (C=O) groups excluding carboxylic acids is 1. The van der Waals surface area contributed by atoms with Crippen LogP contribution in [0.1, 0.15) is 30.1 Å². The molecule has 10 nitrogen and oxygen atoms in total. The average Bonchev–Trinajstić information content (AvgIpc) is 3.15. The van der Waals surface area contributed by atoms with E-state index < -0.39 is 28.9 Å². The molecule has 0 saturated carbocycles. The molecule has 0 saturated heterocycles. The zero-order chi connectivity index (χ0) is 24.1. The normalized spacial score (nSPS) is 10.6. The van der Waals surface area contributed by atoms with Crippen molar-refractivity contribution in [1.82, 2.24) is 19.7 Å². The van der Waals surface area contributed by atoms with E-state index in [4.69, 9.17) is 10.00 Å². The highest BCUT2D eigenvalue weighted by molar-refractivity contribution is 5.98. The SMILES string of the molecule is CCCN(C)C(=O)c1cc(-c2n[nH]c(=O)n2-c2ccc(OCCC#N)cc2F)c(O)cc1O. The van der Waals surface area contributed by atoms with Crippen LogP contribution in [0.15, 0.2) is 35.1 Å². The predicted octanol–water partition coefficient (Wildman–Crippen LogP) is 2.55. The summed E-state index contributed by atoms with van der Waals surface area (Å²) < 4.78 is 21.0. The Kier molecular flexibility index (Phi) is 6.97. The third-order valence-corrected chi connectivity index (χ3v) is 4.81. The first-order valence-corrected chi connectivity index (χ1v) is 10.1. The third kappa shape index (κ3) is 4.79. The van der Waals surface area contributed by atoms with E-state index in [-0.39, 0.29) is 41.4 Å². The van der Waals surface area contributed by atoms with E-state index in [1.807, 2.05) is 13.0 Å². The molecule has 0 bridgehead atoms. The van der Waals surface area contributed by atoms with Crippen molar-refractivity contribution in [3.63, 3.8) is 0 Å². The molecule has 0 radical (unpaired) electrons. The van der Waals surface area contributed by atoms with Crippen molar-refractivity contribution in [1.29, 1.82) is 5.26 Å². The minimum Gasteiger partial charge on any atom is -0.507 e. The van der Waals surface area contributed by atoms with Crippen molar-refractivity contribution >= 4 is 5.91 Å². The lowest BCUT2D eigenvalue weighted by atomic mass is 10.1. The molecule has 0 aliphatic carbocycles. The Bertz CT molecular complexity index is 1280. The number of hydrogen-bond donors (Lipinski definition) is 3. The summed E-state index contributed by atoms with van der Waals surface area (Å²) in [7, 11) is 1.57. The van der Waals surface area contributed by atoms with Crippen LogP contribution in [0.5, 0.6) is 17.2 Å². The first-order valence-electron chi connectivity index (χ1n) is 10.1. The van der Waals surface area contributed by atoms with Crippen LogP contribution in [0.4, 0.5) is 4.39 Å². The summed E-state index contributed by atoms with van der Waals surface area (Å²) >= 11 is 0. The molecule has 1 amide bonds. The lowest BCUT2D eigenvalue weighted by molar-refractivity contribution is 0.0792. The van der Waals surface area contributed by atoms with E-state index >= 15 is 0 Å². The van der Waals surface area contributed by atoms with Gasteiger partial charge in [0.25, 0.3) is 5.91 Å². The van der Waals surface area contributed by atoms with Gasteiger partial charge in [-0.25, -0.2) is 18.9 Å². The molecule has 0 atom stereocenters. The molecule has 33 heavy (non-hydrogen) atoms. The lowest BCUT2D eigenvalue weighted by Crippen LogP contribution is -2.27. The number of H-pyrrole nitrogens is 1. The summed E-state index contributed by atoms with van der Waals surface area (Å²) in [6, 6.07) is 7.84. The van der Waals surface area contributed by atoms with E-state index in [9.17, 15) is 24.2 Å². The Hall–Kier alpha value is -4.33. The topological polar surface area (TPSA) is 144 Å². The fraction of sp³-hybridized carbons (Fsp3) is 0.273. The van der Waals surface area contributed by atoms with Crippen LogP contribution in [0, 0.1) is 17.1 Å². The van der Waals surface area contributed by atoms with Crippen molar-refractivity contribution < 1.29 is 24.1 Å². The number of phenolic OH excluding ortho intramolecular Hbond substituents is 2. The van der Waals surface area contributed by atoms with E-state index in [2.05, 4.69) is 10.2 Å². The van der Waals surface area contributed by atoms with Gasteiger partial charge >= 0.3 is 5.69 Å². The van der Waals surface area contributed by atoms with Gasteiger partial charge in [-0.15, -0.1) is 0 Å². The van der Waals surface area contributed by atoms with Crippen molar-refractivity contribution in [2.24, 2.45) is 0 Å². The van der Waals surface area contributed by atoms with E-state index in [0.29, 0.717) is 13.0 Å². The number of carbonyl (C=O) groups is 1. The van der Waals surface area contributed by atoms with Crippen molar-refractivity contribution in [2.75, 3.05) is 20.2 Å². The predicted molar refractivity (Wildman–Crippen MR) is 116 cm³/mol. The first kappa shape index (κ1) is 23.3. The highest BCUT2D eigenvalue weighted by atomic mass is 19.1. The molecule has 1 aromatic heterocycles. The smallest absolute Gasteiger partial charge is 0.348 e. The van der Waals surface area contributed by atoms with Gasteiger partial charge in [-0.2, -0.15) is 10.4 Å². The Morgan fingerprint density at radius 3 is 2.73 bits per heavy atom. The van der Waals surface area contributed by atoms with Gasteiger partial charge in [0.2, 0.25) is 0 Å². The summed E-state index contributed by atoms with van der Waals surface area (Å²) in [6.07, 6.45) is 0.825. The van der Waals surface area contributed by atoms with Gasteiger partial charge in [0.05, 0.1) is 29.3 Å². The zero-order valence-corrected chi connectivity index (χ0v) is 18.0. The van der Waals surface area contributed by atoms with Crippen LogP contribution < -0.4 is 10.4 Å². The first-order chi connectivity index (χ1) is 15.8. The molecule has 172 valence electrons. The minimum atomic E-state index is -0.813. The number of aromatic hydroxyl groups is 2. The summed E-state index contributed by atoms with van der Waals surface area (Å²) in [5.41, 5.74) is -1.14. The van der Waals surface area contributed by atoms with Gasteiger partial charge in [-0.3, -0.25) is 4.79 Å².